The van der Waals surface area contributed by atoms with E-state index >= 15 is 0 Å². The molecule has 3 heteroatoms. The minimum Gasteiger partial charge on any atom is -0.354 e. The molecule has 1 N–H and O–H groups in total. The number of likely N-dealkylation sites (N-methyl/N-ethyl adjacent to an activating group) is 1. The van der Waals surface area contributed by atoms with Crippen LogP contribution < -0.4 is 0 Å². The summed E-state index contributed by atoms with van der Waals surface area (Å²) in [4.78, 5) is 6.17. The average molecular weight is 327 g/mol. The predicted molar refractivity (Wildman–Crippen MR) is 102 cm³/mol. The van der Waals surface area contributed by atoms with Gasteiger partial charge in [0, 0.05) is 28.2 Å². The third kappa shape index (κ3) is 2.28. The molecule has 0 saturated carbocycles. The van der Waals surface area contributed by atoms with Gasteiger partial charge in [0.2, 0.25) is 0 Å². The molecule has 2 nitrogen and oxygen atoms in total. The van der Waals surface area contributed by atoms with Crippen molar-refractivity contribution in [2.75, 3.05) is 13.6 Å². The maximum Gasteiger partial charge on any atom is 0.0533 e. The quantitative estimate of drug-likeness (QED) is 0.776. The van der Waals surface area contributed by atoms with Crippen molar-refractivity contribution in [2.45, 2.75) is 57.4 Å². The number of hydrogen-bond acceptors (Lipinski definition) is 2. The van der Waals surface area contributed by atoms with E-state index in [1.54, 1.807) is 5.56 Å². The molecule has 2 aromatic rings. The second-order valence-corrected chi connectivity index (χ2v) is 8.61. The molecule has 0 spiro atoms. The Bertz CT molecular complexity index is 781. The highest BCUT2D eigenvalue weighted by molar-refractivity contribution is 7.79. The summed E-state index contributed by atoms with van der Waals surface area (Å²) in [5.41, 5.74) is 7.04. The number of aromatic amines is 1. The van der Waals surface area contributed by atoms with E-state index in [-0.39, 0.29) is 5.41 Å². The largest absolute Gasteiger partial charge is 0.354 e. The van der Waals surface area contributed by atoms with Crippen LogP contribution >= 0.6 is 12.2 Å². The summed E-state index contributed by atoms with van der Waals surface area (Å²) in [6, 6.07) is 5.46. The van der Waals surface area contributed by atoms with E-state index in [0.717, 1.165) is 12.1 Å². The number of fused-ring (bicyclic) bond motifs is 2. The van der Waals surface area contributed by atoms with E-state index in [1.165, 1.54) is 41.4 Å². The number of nitrogens with one attached hydrogen (secondary N) is 1. The van der Waals surface area contributed by atoms with Gasteiger partial charge in [0.15, 0.2) is 0 Å². The van der Waals surface area contributed by atoms with Gasteiger partial charge < -0.3 is 9.88 Å². The number of benzene rings is 1. The second-order valence-electron chi connectivity index (χ2n) is 8.37. The molecule has 2 heterocycles. The Kier molecular flexibility index (Phi) is 3.44. The van der Waals surface area contributed by atoms with E-state index in [1.807, 2.05) is 5.37 Å². The lowest BCUT2D eigenvalue weighted by Crippen LogP contribution is -2.44. The number of piperidine rings is 1. The highest BCUT2D eigenvalue weighted by Gasteiger charge is 2.37. The maximum atomic E-state index is 5.29. The number of rotatable bonds is 1. The number of nitrogens with zero attached hydrogens (tertiary/aromatic N) is 1. The van der Waals surface area contributed by atoms with Crippen molar-refractivity contribution in [1.29, 1.82) is 0 Å². The number of H-pyrrole nitrogens is 1. The summed E-state index contributed by atoms with van der Waals surface area (Å²) in [7, 11) is 2.29. The van der Waals surface area contributed by atoms with Crippen LogP contribution in [0.5, 0.6) is 0 Å². The first-order valence-corrected chi connectivity index (χ1v) is 9.21. The first kappa shape index (κ1) is 15.3. The molecular weight excluding hydrogens is 300 g/mol. The predicted octanol–water partition coefficient (Wildman–Crippen LogP) is 4.55. The van der Waals surface area contributed by atoms with Gasteiger partial charge in [0.25, 0.3) is 0 Å². The molecule has 23 heavy (non-hydrogen) atoms. The zero-order chi connectivity index (χ0) is 16.4. The van der Waals surface area contributed by atoms with Gasteiger partial charge in [-0.3, -0.25) is 0 Å². The molecule has 4 rings (SSSR count). The number of aromatic nitrogens is 1. The van der Waals surface area contributed by atoms with Gasteiger partial charge in [-0.05, 0) is 61.0 Å². The first-order chi connectivity index (χ1) is 10.9. The van der Waals surface area contributed by atoms with Crippen LogP contribution in [0.3, 0.4) is 0 Å². The molecule has 0 bridgehead atoms. The highest BCUT2D eigenvalue weighted by atomic mass is 32.1. The molecular formula is C20H26N2S. The summed E-state index contributed by atoms with van der Waals surface area (Å²) in [5.74, 6) is 0.667. The monoisotopic (exact) mass is 326 g/mol. The minimum atomic E-state index is 0.168. The third-order valence-electron chi connectivity index (χ3n) is 5.92. The fraction of sp³-hybridized carbons (Fsp3) is 0.550. The third-order valence-corrected chi connectivity index (χ3v) is 6.15. The van der Waals surface area contributed by atoms with E-state index in [0.29, 0.717) is 12.0 Å². The van der Waals surface area contributed by atoms with Gasteiger partial charge >= 0.3 is 0 Å². The Morgan fingerprint density at radius 3 is 2.78 bits per heavy atom. The van der Waals surface area contributed by atoms with Crippen molar-refractivity contribution in [3.8, 4) is 0 Å². The highest BCUT2D eigenvalue weighted by Crippen LogP contribution is 2.45. The minimum absolute atomic E-state index is 0.168. The van der Waals surface area contributed by atoms with Gasteiger partial charge in [-0.25, -0.2) is 0 Å². The zero-order valence-electron chi connectivity index (χ0n) is 14.6. The van der Waals surface area contributed by atoms with E-state index < -0.39 is 0 Å². The maximum absolute atomic E-state index is 5.29. The Balaban J connectivity index is 2.01. The van der Waals surface area contributed by atoms with E-state index in [9.17, 15) is 0 Å². The average Bonchev–Trinajstić information content (AvgIpc) is 2.86. The van der Waals surface area contributed by atoms with Crippen LogP contribution in [0.25, 0.3) is 10.9 Å². The molecule has 1 saturated heterocycles. The number of likely N-dealkylation sites (tertiary alicyclic amines) is 1. The molecule has 122 valence electrons. The topological polar surface area (TPSA) is 19.0 Å². The summed E-state index contributed by atoms with van der Waals surface area (Å²) in [6.07, 6.45) is 3.75. The second kappa shape index (κ2) is 5.15. The van der Waals surface area contributed by atoms with Crippen molar-refractivity contribution < 1.29 is 0 Å². The molecule has 1 aliphatic carbocycles. The summed E-state index contributed by atoms with van der Waals surface area (Å²) in [5, 5.41) is 3.30. The molecule has 1 aliphatic heterocycles. The molecule has 1 aromatic carbocycles. The summed E-state index contributed by atoms with van der Waals surface area (Å²) < 4.78 is 0. The van der Waals surface area contributed by atoms with Crippen molar-refractivity contribution in [2.24, 2.45) is 0 Å². The molecule has 1 unspecified atom stereocenters. The smallest absolute Gasteiger partial charge is 0.0533 e. The van der Waals surface area contributed by atoms with E-state index in [4.69, 9.17) is 12.2 Å². The van der Waals surface area contributed by atoms with Crippen LogP contribution in [0.4, 0.5) is 0 Å². The molecule has 2 aliphatic rings. The van der Waals surface area contributed by atoms with Crippen molar-refractivity contribution in [3.63, 3.8) is 0 Å². The first-order valence-electron chi connectivity index (χ1n) is 8.74. The van der Waals surface area contributed by atoms with Crippen LogP contribution in [-0.4, -0.2) is 34.9 Å². The van der Waals surface area contributed by atoms with Crippen LogP contribution in [0, 0.1) is 0 Å². The lowest BCUT2D eigenvalue weighted by molar-refractivity contribution is 0.157. The molecule has 0 amide bonds. The van der Waals surface area contributed by atoms with Gasteiger partial charge in [-0.15, -0.1) is 0 Å². The van der Waals surface area contributed by atoms with Crippen LogP contribution in [0.1, 0.15) is 61.9 Å². The Hall–Kier alpha value is -1.19. The molecule has 1 aromatic heterocycles. The normalized spacial score (nSPS) is 24.7. The standard InChI is InChI=1S/C20H26N2S/c1-20(2,3)12-8-14-13-6-5-7-22(4)18(13)10-15-17(11-23)21-16(9-12)19(14)15/h8-9,11,13,18,21H,5-7,10H2,1-4H3/t13?,18-/m1/s1. The molecule has 0 radical (unpaired) electrons. The Labute approximate surface area is 144 Å². The Morgan fingerprint density at radius 2 is 2.09 bits per heavy atom. The number of thiocarbonyl (C=S) groups is 1. The number of hydrogen-bond donors (Lipinski definition) is 1. The summed E-state index contributed by atoms with van der Waals surface area (Å²) in [6.45, 7) is 8.13. The van der Waals surface area contributed by atoms with Crippen molar-refractivity contribution >= 4 is 28.5 Å². The lowest BCUT2D eigenvalue weighted by Gasteiger charge is -2.42. The van der Waals surface area contributed by atoms with Gasteiger partial charge in [0.1, 0.15) is 0 Å². The van der Waals surface area contributed by atoms with Gasteiger partial charge in [-0.2, -0.15) is 0 Å². The Morgan fingerprint density at radius 1 is 1.30 bits per heavy atom. The van der Waals surface area contributed by atoms with Crippen LogP contribution in [0.15, 0.2) is 12.1 Å². The lowest BCUT2D eigenvalue weighted by atomic mass is 9.73. The fourth-order valence-corrected chi connectivity index (χ4v) is 4.79. The van der Waals surface area contributed by atoms with Crippen molar-refractivity contribution in [1.82, 2.24) is 9.88 Å². The van der Waals surface area contributed by atoms with Crippen LogP contribution in [-0.2, 0) is 11.8 Å². The molecule has 2 atom stereocenters. The van der Waals surface area contributed by atoms with Crippen molar-refractivity contribution in [3.05, 3.63) is 34.5 Å². The van der Waals surface area contributed by atoms with Gasteiger partial charge in [0.05, 0.1) is 5.69 Å². The van der Waals surface area contributed by atoms with Crippen LogP contribution in [0.2, 0.25) is 0 Å². The molecule has 1 fully saturated rings. The summed E-state index contributed by atoms with van der Waals surface area (Å²) >= 11 is 5.29. The van der Waals surface area contributed by atoms with Gasteiger partial charge in [-0.1, -0.05) is 39.1 Å². The fourth-order valence-electron chi connectivity index (χ4n) is 4.59. The zero-order valence-corrected chi connectivity index (χ0v) is 15.4. The van der Waals surface area contributed by atoms with E-state index in [2.05, 4.69) is 49.8 Å². The SMILES string of the molecule is CN1CCCC2c3cc(C(C)(C)C)cc4[nH]c(C=S)c(c34)C[C@H]21.